The van der Waals surface area contributed by atoms with Gasteiger partial charge in [0.15, 0.2) is 0 Å². The molecule has 1 fully saturated rings. The fraction of sp³-hybridized carbons (Fsp3) is 0.857. The third-order valence-corrected chi connectivity index (χ3v) is 3.06. The van der Waals surface area contributed by atoms with Crippen LogP contribution in [0.4, 0.5) is 4.79 Å². The Hall–Kier alpha value is -0.212. The first-order valence-corrected chi connectivity index (χ1v) is 5.75. The maximum atomic E-state index is 10.3. The number of nitrogens with one attached hydrogen (secondary N) is 1. The van der Waals surface area contributed by atoms with E-state index < -0.39 is 6.09 Å². The van der Waals surface area contributed by atoms with Crippen molar-refractivity contribution in [3.8, 4) is 0 Å². The molecule has 0 spiro atoms. The summed E-state index contributed by atoms with van der Waals surface area (Å²) in [6.07, 6.45) is 1.28. The quantitative estimate of drug-likeness (QED) is 0.654. The summed E-state index contributed by atoms with van der Waals surface area (Å²) in [6.45, 7) is 0.529. The Morgan fingerprint density at radius 3 is 2.83 bits per heavy atom. The summed E-state index contributed by atoms with van der Waals surface area (Å²) in [7, 11) is 0. The molecule has 1 rings (SSSR count). The number of hydrogen-bond donors (Lipinski definition) is 2. The van der Waals surface area contributed by atoms with Gasteiger partial charge in [-0.25, -0.2) is 0 Å². The van der Waals surface area contributed by atoms with Crippen LogP contribution in [0, 0.1) is 0 Å². The molecular formula is C7H14AsNO3. The van der Waals surface area contributed by atoms with Gasteiger partial charge in [0, 0.05) is 0 Å². The van der Waals surface area contributed by atoms with E-state index in [0.29, 0.717) is 12.7 Å². The van der Waals surface area contributed by atoms with Crippen LogP contribution in [-0.2, 0) is 4.74 Å². The van der Waals surface area contributed by atoms with E-state index in [4.69, 9.17) is 9.84 Å². The summed E-state index contributed by atoms with van der Waals surface area (Å²) in [4.78, 5) is 10.3. The monoisotopic (exact) mass is 235 g/mol. The molecule has 1 heterocycles. The summed E-state index contributed by atoms with van der Waals surface area (Å²) in [6, 6.07) is -0.00204. The molecule has 0 bridgehead atoms. The van der Waals surface area contributed by atoms with Gasteiger partial charge in [-0.3, -0.25) is 0 Å². The summed E-state index contributed by atoms with van der Waals surface area (Å²) >= 11 is 1.67. The fourth-order valence-electron chi connectivity index (χ4n) is 1.28. The van der Waals surface area contributed by atoms with Crippen molar-refractivity contribution in [1.29, 1.82) is 0 Å². The Bertz CT molecular complexity index is 157. The third-order valence-electron chi connectivity index (χ3n) is 1.96. The minimum absolute atomic E-state index is 0.00204. The molecule has 0 saturated carbocycles. The number of carbonyl (C=O) groups is 1. The zero-order valence-corrected chi connectivity index (χ0v) is 9.25. The fourth-order valence-corrected chi connectivity index (χ4v) is 2.06. The van der Waals surface area contributed by atoms with Crippen LogP contribution in [0.1, 0.15) is 12.8 Å². The Morgan fingerprint density at radius 1 is 1.67 bits per heavy atom. The van der Waals surface area contributed by atoms with Crippen LogP contribution in [-0.4, -0.2) is 46.8 Å². The van der Waals surface area contributed by atoms with Gasteiger partial charge in [0.1, 0.15) is 0 Å². The summed E-state index contributed by atoms with van der Waals surface area (Å²) in [5.41, 5.74) is 0. The standard InChI is InChI=1S/C7H14AsNO3/c8-3-6-2-1-5(4-12-6)9-7(10)11/h5-6,9H,1-4,8H2,(H,10,11)/t5-,6+/m1/s1. The third kappa shape index (κ3) is 3.03. The average molecular weight is 235 g/mol. The van der Waals surface area contributed by atoms with E-state index in [0.717, 1.165) is 18.1 Å². The van der Waals surface area contributed by atoms with Gasteiger partial charge in [-0.1, -0.05) is 0 Å². The zero-order chi connectivity index (χ0) is 8.97. The molecule has 1 unspecified atom stereocenters. The molecule has 0 aromatic rings. The van der Waals surface area contributed by atoms with E-state index in [2.05, 4.69) is 5.32 Å². The van der Waals surface area contributed by atoms with Crippen LogP contribution in [0.15, 0.2) is 0 Å². The molecule has 1 saturated heterocycles. The van der Waals surface area contributed by atoms with Crippen LogP contribution in [0.5, 0.6) is 0 Å². The van der Waals surface area contributed by atoms with Crippen LogP contribution in [0.2, 0.25) is 5.21 Å². The van der Waals surface area contributed by atoms with Crippen molar-refractivity contribution in [2.24, 2.45) is 0 Å². The average Bonchev–Trinajstić information content (AvgIpc) is 2.05. The first-order valence-electron chi connectivity index (χ1n) is 4.03. The molecule has 0 aliphatic carbocycles. The second-order valence-electron chi connectivity index (χ2n) is 2.91. The van der Waals surface area contributed by atoms with Crippen molar-refractivity contribution in [2.45, 2.75) is 30.2 Å². The molecule has 2 N–H and O–H groups in total. The van der Waals surface area contributed by atoms with Crippen LogP contribution < -0.4 is 5.32 Å². The molecule has 3 atom stereocenters. The maximum absolute atomic E-state index is 10.3. The summed E-state index contributed by atoms with van der Waals surface area (Å²) in [5.74, 6) is 0. The van der Waals surface area contributed by atoms with E-state index in [1.807, 2.05) is 0 Å². The molecule has 0 radical (unpaired) electrons. The van der Waals surface area contributed by atoms with Gasteiger partial charge < -0.3 is 0 Å². The summed E-state index contributed by atoms with van der Waals surface area (Å²) in [5, 5.41) is 11.9. The zero-order valence-electron chi connectivity index (χ0n) is 6.82. The van der Waals surface area contributed by atoms with E-state index in [9.17, 15) is 4.79 Å². The number of hydrogen-bond acceptors (Lipinski definition) is 2. The first-order chi connectivity index (χ1) is 5.72. The number of rotatable bonds is 2. The van der Waals surface area contributed by atoms with Crippen LogP contribution in [0.25, 0.3) is 0 Å². The predicted molar refractivity (Wildman–Crippen MR) is 47.3 cm³/mol. The van der Waals surface area contributed by atoms with Crippen molar-refractivity contribution in [3.63, 3.8) is 0 Å². The van der Waals surface area contributed by atoms with Gasteiger partial charge in [-0.2, -0.15) is 0 Å². The number of ether oxygens (including phenoxy) is 1. The van der Waals surface area contributed by atoms with Crippen molar-refractivity contribution in [2.75, 3.05) is 6.61 Å². The molecule has 12 heavy (non-hydrogen) atoms. The second kappa shape index (κ2) is 4.73. The Kier molecular flexibility index (Phi) is 3.89. The molecule has 4 nitrogen and oxygen atoms in total. The summed E-state index contributed by atoms with van der Waals surface area (Å²) < 4.78 is 5.43. The molecule has 70 valence electrons. The van der Waals surface area contributed by atoms with Crippen molar-refractivity contribution in [3.05, 3.63) is 0 Å². The van der Waals surface area contributed by atoms with Crippen LogP contribution >= 0.6 is 0 Å². The van der Waals surface area contributed by atoms with Gasteiger partial charge in [0.2, 0.25) is 0 Å². The van der Waals surface area contributed by atoms with Crippen molar-refractivity contribution >= 4 is 22.9 Å². The molecule has 0 aromatic heterocycles. The topological polar surface area (TPSA) is 58.6 Å². The van der Waals surface area contributed by atoms with Gasteiger partial charge in [-0.15, -0.1) is 0 Å². The van der Waals surface area contributed by atoms with E-state index in [1.165, 1.54) is 0 Å². The van der Waals surface area contributed by atoms with Gasteiger partial charge in [-0.05, 0) is 0 Å². The Balaban J connectivity index is 2.21. The Labute approximate surface area is 80.2 Å². The van der Waals surface area contributed by atoms with Gasteiger partial charge in [0.05, 0.1) is 0 Å². The van der Waals surface area contributed by atoms with E-state index >= 15 is 0 Å². The van der Waals surface area contributed by atoms with Gasteiger partial charge >= 0.3 is 79.7 Å². The molecule has 1 aliphatic rings. The Morgan fingerprint density at radius 2 is 2.42 bits per heavy atom. The normalized spacial score (nSPS) is 29.8. The van der Waals surface area contributed by atoms with Crippen molar-refractivity contribution < 1.29 is 14.6 Å². The van der Waals surface area contributed by atoms with E-state index in [-0.39, 0.29) is 6.04 Å². The molecular weight excluding hydrogens is 221 g/mol. The molecule has 5 heteroatoms. The predicted octanol–water partition coefficient (Wildman–Crippen LogP) is -0.147. The minimum atomic E-state index is -0.956. The van der Waals surface area contributed by atoms with Crippen LogP contribution in [0.3, 0.4) is 0 Å². The van der Waals surface area contributed by atoms with Gasteiger partial charge in [0.25, 0.3) is 0 Å². The molecule has 1 amide bonds. The molecule has 0 aromatic carbocycles. The second-order valence-corrected chi connectivity index (χ2v) is 3.90. The SMILES string of the molecule is O=C(O)N[C@@H]1CC[C@@H](C[AsH2])OC1. The number of amides is 1. The van der Waals surface area contributed by atoms with E-state index in [1.54, 1.807) is 16.9 Å². The number of carboxylic acid groups (broad SMARTS) is 1. The van der Waals surface area contributed by atoms with Crippen molar-refractivity contribution in [1.82, 2.24) is 5.32 Å². The first kappa shape index (κ1) is 9.87. The molecule has 1 aliphatic heterocycles.